The number of piperidine rings is 1. The number of fused-ring (bicyclic) bond motifs is 1. The SMILES string of the molecule is N=C(N)c1c(Br)cccc1N1CCC2CCCCC2C1. The van der Waals surface area contributed by atoms with E-state index in [0.717, 1.165) is 40.6 Å². The summed E-state index contributed by atoms with van der Waals surface area (Å²) in [4.78, 5) is 2.44. The Kier molecular flexibility index (Phi) is 4.01. The predicted octanol–water partition coefficient (Wildman–Crippen LogP) is 3.75. The monoisotopic (exact) mass is 335 g/mol. The van der Waals surface area contributed by atoms with E-state index >= 15 is 0 Å². The lowest BCUT2D eigenvalue weighted by Crippen LogP contribution is -2.42. The van der Waals surface area contributed by atoms with E-state index in [1.807, 2.05) is 12.1 Å². The highest BCUT2D eigenvalue weighted by molar-refractivity contribution is 9.10. The average Bonchev–Trinajstić information content (AvgIpc) is 2.46. The molecule has 1 aliphatic carbocycles. The molecule has 0 spiro atoms. The van der Waals surface area contributed by atoms with Crippen molar-refractivity contribution in [3.63, 3.8) is 0 Å². The van der Waals surface area contributed by atoms with Crippen LogP contribution in [0.25, 0.3) is 0 Å². The molecule has 0 aromatic heterocycles. The van der Waals surface area contributed by atoms with Gasteiger partial charge in [0.1, 0.15) is 5.84 Å². The second kappa shape index (κ2) is 5.76. The van der Waals surface area contributed by atoms with Crippen molar-refractivity contribution in [3.05, 3.63) is 28.2 Å². The van der Waals surface area contributed by atoms with Gasteiger partial charge in [-0.2, -0.15) is 0 Å². The fourth-order valence-corrected chi connectivity index (χ4v) is 4.43. The third-order valence-electron chi connectivity index (χ3n) is 4.89. The van der Waals surface area contributed by atoms with Gasteiger partial charge in [-0.1, -0.05) is 25.3 Å². The van der Waals surface area contributed by atoms with Crippen LogP contribution >= 0.6 is 15.9 Å². The maximum atomic E-state index is 7.84. The summed E-state index contributed by atoms with van der Waals surface area (Å²) >= 11 is 3.54. The first kappa shape index (κ1) is 13.9. The fraction of sp³-hybridized carbons (Fsp3) is 0.562. The number of nitrogens with two attached hydrogens (primary N) is 1. The number of amidine groups is 1. The van der Waals surface area contributed by atoms with Crippen LogP contribution in [-0.4, -0.2) is 18.9 Å². The van der Waals surface area contributed by atoms with Crippen LogP contribution in [0.1, 0.15) is 37.7 Å². The Morgan fingerprint density at radius 2 is 1.95 bits per heavy atom. The van der Waals surface area contributed by atoms with Gasteiger partial charge in [-0.25, -0.2) is 0 Å². The first-order valence-electron chi connectivity index (χ1n) is 7.54. The number of nitrogens with zero attached hydrogens (tertiary/aromatic N) is 1. The molecule has 3 nitrogen and oxygen atoms in total. The number of anilines is 1. The quantitative estimate of drug-likeness (QED) is 0.638. The summed E-state index contributed by atoms with van der Waals surface area (Å²) in [6.07, 6.45) is 6.86. The average molecular weight is 336 g/mol. The molecule has 108 valence electrons. The lowest BCUT2D eigenvalue weighted by Gasteiger charge is -2.43. The molecule has 1 aliphatic heterocycles. The van der Waals surface area contributed by atoms with Crippen LogP contribution in [0.5, 0.6) is 0 Å². The Balaban J connectivity index is 1.86. The number of rotatable bonds is 2. The van der Waals surface area contributed by atoms with Crippen molar-refractivity contribution in [2.75, 3.05) is 18.0 Å². The zero-order valence-corrected chi connectivity index (χ0v) is 13.3. The van der Waals surface area contributed by atoms with Crippen LogP contribution in [-0.2, 0) is 0 Å². The Hall–Kier alpha value is -1.03. The molecule has 3 N–H and O–H groups in total. The molecule has 3 rings (SSSR count). The molecular weight excluding hydrogens is 314 g/mol. The van der Waals surface area contributed by atoms with Crippen molar-refractivity contribution in [1.82, 2.24) is 0 Å². The number of nitrogens with one attached hydrogen (secondary N) is 1. The van der Waals surface area contributed by atoms with Crippen molar-refractivity contribution in [1.29, 1.82) is 5.41 Å². The van der Waals surface area contributed by atoms with E-state index in [2.05, 4.69) is 26.9 Å². The maximum absolute atomic E-state index is 7.84. The zero-order valence-electron chi connectivity index (χ0n) is 11.7. The molecule has 1 heterocycles. The molecular formula is C16H22BrN3. The molecule has 2 fully saturated rings. The van der Waals surface area contributed by atoms with Gasteiger partial charge in [-0.3, -0.25) is 5.41 Å². The highest BCUT2D eigenvalue weighted by Crippen LogP contribution is 2.39. The van der Waals surface area contributed by atoms with Crippen LogP contribution in [0, 0.1) is 17.2 Å². The second-order valence-electron chi connectivity index (χ2n) is 6.09. The van der Waals surface area contributed by atoms with Crippen LogP contribution in [0.15, 0.2) is 22.7 Å². The number of hydrogen-bond donors (Lipinski definition) is 2. The molecule has 1 aromatic rings. The third-order valence-corrected chi connectivity index (χ3v) is 5.55. The van der Waals surface area contributed by atoms with Gasteiger partial charge in [-0.05, 0) is 52.7 Å². The highest BCUT2D eigenvalue weighted by atomic mass is 79.9. The number of nitrogen functional groups attached to an aromatic ring is 1. The summed E-state index contributed by atoms with van der Waals surface area (Å²) in [5.41, 5.74) is 7.75. The summed E-state index contributed by atoms with van der Waals surface area (Å²) < 4.78 is 0.924. The van der Waals surface area contributed by atoms with E-state index in [1.54, 1.807) is 0 Å². The molecule has 2 aliphatic rings. The van der Waals surface area contributed by atoms with Gasteiger partial charge < -0.3 is 10.6 Å². The van der Waals surface area contributed by atoms with E-state index < -0.39 is 0 Å². The number of halogens is 1. The van der Waals surface area contributed by atoms with Crippen molar-refractivity contribution in [3.8, 4) is 0 Å². The lowest BCUT2D eigenvalue weighted by molar-refractivity contribution is 0.202. The largest absolute Gasteiger partial charge is 0.384 e. The summed E-state index contributed by atoms with van der Waals surface area (Å²) in [6, 6.07) is 6.11. The van der Waals surface area contributed by atoms with Crippen LogP contribution in [0.4, 0.5) is 5.69 Å². The maximum Gasteiger partial charge on any atom is 0.126 e. The van der Waals surface area contributed by atoms with Crippen LogP contribution < -0.4 is 10.6 Å². The molecule has 0 bridgehead atoms. The third kappa shape index (κ3) is 2.58. The summed E-state index contributed by atoms with van der Waals surface area (Å²) in [7, 11) is 0. The molecule has 2 atom stereocenters. The Bertz CT molecular complexity index is 514. The number of benzene rings is 1. The summed E-state index contributed by atoms with van der Waals surface area (Å²) in [6.45, 7) is 2.22. The summed E-state index contributed by atoms with van der Waals surface area (Å²) in [5.74, 6) is 1.91. The standard InChI is InChI=1S/C16H22BrN3/c17-13-6-3-7-14(15(13)16(18)19)20-9-8-11-4-1-2-5-12(11)10-20/h3,6-7,11-12H,1-2,4-5,8-10H2,(H3,18,19). The Morgan fingerprint density at radius 3 is 2.70 bits per heavy atom. The minimum absolute atomic E-state index is 0.151. The Labute approximate surface area is 129 Å². The van der Waals surface area contributed by atoms with Crippen molar-refractivity contribution in [2.24, 2.45) is 17.6 Å². The minimum atomic E-state index is 0.151. The lowest BCUT2D eigenvalue weighted by atomic mass is 9.75. The van der Waals surface area contributed by atoms with Gasteiger partial charge in [0, 0.05) is 23.2 Å². The normalized spacial score (nSPS) is 26.1. The minimum Gasteiger partial charge on any atom is -0.384 e. The molecule has 0 amide bonds. The van der Waals surface area contributed by atoms with E-state index in [4.69, 9.17) is 11.1 Å². The molecule has 20 heavy (non-hydrogen) atoms. The zero-order chi connectivity index (χ0) is 14.1. The van der Waals surface area contributed by atoms with E-state index in [0.29, 0.717) is 0 Å². The van der Waals surface area contributed by atoms with Crippen LogP contribution in [0.3, 0.4) is 0 Å². The van der Waals surface area contributed by atoms with E-state index in [1.165, 1.54) is 32.1 Å². The smallest absolute Gasteiger partial charge is 0.126 e. The first-order chi connectivity index (χ1) is 9.66. The molecule has 1 saturated carbocycles. The molecule has 1 aromatic carbocycles. The van der Waals surface area contributed by atoms with Crippen molar-refractivity contribution < 1.29 is 0 Å². The summed E-state index contributed by atoms with van der Waals surface area (Å²) in [5, 5.41) is 7.84. The topological polar surface area (TPSA) is 53.1 Å². The Morgan fingerprint density at radius 1 is 1.20 bits per heavy atom. The van der Waals surface area contributed by atoms with Gasteiger partial charge in [0.05, 0.1) is 5.56 Å². The van der Waals surface area contributed by atoms with Gasteiger partial charge in [0.2, 0.25) is 0 Å². The highest BCUT2D eigenvalue weighted by Gasteiger charge is 2.32. The molecule has 2 unspecified atom stereocenters. The first-order valence-corrected chi connectivity index (χ1v) is 8.34. The molecule has 0 radical (unpaired) electrons. The van der Waals surface area contributed by atoms with Gasteiger partial charge >= 0.3 is 0 Å². The van der Waals surface area contributed by atoms with Crippen molar-refractivity contribution in [2.45, 2.75) is 32.1 Å². The second-order valence-corrected chi connectivity index (χ2v) is 6.94. The van der Waals surface area contributed by atoms with Gasteiger partial charge in [-0.15, -0.1) is 0 Å². The van der Waals surface area contributed by atoms with E-state index in [9.17, 15) is 0 Å². The van der Waals surface area contributed by atoms with Crippen molar-refractivity contribution >= 4 is 27.5 Å². The van der Waals surface area contributed by atoms with Gasteiger partial charge in [0.15, 0.2) is 0 Å². The van der Waals surface area contributed by atoms with Crippen LogP contribution in [0.2, 0.25) is 0 Å². The molecule has 1 saturated heterocycles. The molecule has 4 heteroatoms. The predicted molar refractivity (Wildman–Crippen MR) is 87.4 cm³/mol. The fourth-order valence-electron chi connectivity index (χ4n) is 3.86. The van der Waals surface area contributed by atoms with Gasteiger partial charge in [0.25, 0.3) is 0 Å². The number of hydrogen-bond acceptors (Lipinski definition) is 2. The van der Waals surface area contributed by atoms with E-state index in [-0.39, 0.29) is 5.84 Å².